The predicted molar refractivity (Wildman–Crippen MR) is 71.9 cm³/mol. The van der Waals surface area contributed by atoms with E-state index in [4.69, 9.17) is 0 Å². The van der Waals surface area contributed by atoms with Gasteiger partial charge in [0.05, 0.1) is 0 Å². The molecular formula is C14H30N2. The van der Waals surface area contributed by atoms with Crippen LogP contribution in [0, 0.1) is 0 Å². The number of nitrogens with zero attached hydrogens (tertiary/aromatic N) is 1. The minimum absolute atomic E-state index is 0.680. The molecule has 2 nitrogen and oxygen atoms in total. The Hall–Kier alpha value is -0.0800. The van der Waals surface area contributed by atoms with Crippen molar-refractivity contribution >= 4 is 0 Å². The third-order valence-electron chi connectivity index (χ3n) is 3.65. The highest BCUT2D eigenvalue weighted by atomic mass is 15.2. The van der Waals surface area contributed by atoms with Gasteiger partial charge in [0.1, 0.15) is 0 Å². The van der Waals surface area contributed by atoms with E-state index in [0.29, 0.717) is 6.04 Å². The van der Waals surface area contributed by atoms with Gasteiger partial charge in [-0.25, -0.2) is 0 Å². The van der Waals surface area contributed by atoms with E-state index in [9.17, 15) is 0 Å². The Balaban J connectivity index is 2.26. The first kappa shape index (κ1) is 14.0. The SMILES string of the molecule is CCCCCCN1CC(C)NCC1CCC. The van der Waals surface area contributed by atoms with Gasteiger partial charge in [0.25, 0.3) is 0 Å². The van der Waals surface area contributed by atoms with Crippen molar-refractivity contribution in [1.29, 1.82) is 0 Å². The van der Waals surface area contributed by atoms with Crippen LogP contribution in [-0.2, 0) is 0 Å². The second-order valence-electron chi connectivity index (χ2n) is 5.31. The molecule has 16 heavy (non-hydrogen) atoms. The third kappa shape index (κ3) is 4.84. The second kappa shape index (κ2) is 8.08. The van der Waals surface area contributed by atoms with Crippen LogP contribution in [0.5, 0.6) is 0 Å². The zero-order chi connectivity index (χ0) is 11.8. The van der Waals surface area contributed by atoms with Gasteiger partial charge < -0.3 is 5.32 Å². The van der Waals surface area contributed by atoms with Crippen LogP contribution >= 0.6 is 0 Å². The molecular weight excluding hydrogens is 196 g/mol. The van der Waals surface area contributed by atoms with Crippen LogP contribution in [-0.4, -0.2) is 36.6 Å². The number of unbranched alkanes of at least 4 members (excludes halogenated alkanes) is 3. The van der Waals surface area contributed by atoms with Crippen molar-refractivity contribution in [3.8, 4) is 0 Å². The van der Waals surface area contributed by atoms with E-state index in [2.05, 4.69) is 31.0 Å². The van der Waals surface area contributed by atoms with Gasteiger partial charge in [0.2, 0.25) is 0 Å². The molecule has 1 fully saturated rings. The van der Waals surface area contributed by atoms with Crippen molar-refractivity contribution in [1.82, 2.24) is 10.2 Å². The van der Waals surface area contributed by atoms with Gasteiger partial charge in [-0.2, -0.15) is 0 Å². The van der Waals surface area contributed by atoms with Gasteiger partial charge in [-0.3, -0.25) is 4.90 Å². The highest BCUT2D eigenvalue weighted by molar-refractivity contribution is 4.83. The van der Waals surface area contributed by atoms with Gasteiger partial charge in [-0.1, -0.05) is 39.5 Å². The number of rotatable bonds is 7. The Morgan fingerprint density at radius 3 is 2.62 bits per heavy atom. The normalized spacial score (nSPS) is 27.2. The van der Waals surface area contributed by atoms with Crippen molar-refractivity contribution in [2.45, 2.75) is 71.4 Å². The van der Waals surface area contributed by atoms with Crippen LogP contribution in [0.1, 0.15) is 59.3 Å². The number of hydrogen-bond donors (Lipinski definition) is 1. The fourth-order valence-corrected chi connectivity index (χ4v) is 2.67. The fraction of sp³-hybridized carbons (Fsp3) is 1.00. The molecule has 1 rings (SSSR count). The Morgan fingerprint density at radius 1 is 1.12 bits per heavy atom. The minimum atomic E-state index is 0.680. The number of hydrogen-bond acceptors (Lipinski definition) is 2. The van der Waals surface area contributed by atoms with E-state index in [-0.39, 0.29) is 0 Å². The molecule has 1 N–H and O–H groups in total. The zero-order valence-electron chi connectivity index (χ0n) is 11.5. The predicted octanol–water partition coefficient (Wildman–Crippen LogP) is 3.03. The summed E-state index contributed by atoms with van der Waals surface area (Å²) in [6.45, 7) is 10.7. The van der Waals surface area contributed by atoms with Gasteiger partial charge in [0, 0.05) is 25.2 Å². The lowest BCUT2D eigenvalue weighted by atomic mass is 10.0. The first-order valence-corrected chi connectivity index (χ1v) is 7.25. The van der Waals surface area contributed by atoms with E-state index < -0.39 is 0 Å². The van der Waals surface area contributed by atoms with Crippen LogP contribution < -0.4 is 5.32 Å². The topological polar surface area (TPSA) is 15.3 Å². The van der Waals surface area contributed by atoms with E-state index >= 15 is 0 Å². The van der Waals surface area contributed by atoms with Gasteiger partial charge >= 0.3 is 0 Å². The molecule has 0 aromatic heterocycles. The lowest BCUT2D eigenvalue weighted by Gasteiger charge is -2.39. The van der Waals surface area contributed by atoms with E-state index in [1.807, 2.05) is 0 Å². The van der Waals surface area contributed by atoms with Crippen molar-refractivity contribution in [2.75, 3.05) is 19.6 Å². The van der Waals surface area contributed by atoms with Gasteiger partial charge in [-0.05, 0) is 26.3 Å². The monoisotopic (exact) mass is 226 g/mol. The van der Waals surface area contributed by atoms with E-state index in [1.54, 1.807) is 0 Å². The first-order valence-electron chi connectivity index (χ1n) is 7.25. The average molecular weight is 226 g/mol. The molecule has 0 spiro atoms. The van der Waals surface area contributed by atoms with E-state index in [1.165, 1.54) is 58.2 Å². The maximum absolute atomic E-state index is 3.61. The van der Waals surface area contributed by atoms with Crippen LogP contribution in [0.25, 0.3) is 0 Å². The van der Waals surface area contributed by atoms with Crippen LogP contribution in [0.2, 0.25) is 0 Å². The molecule has 0 amide bonds. The molecule has 0 aliphatic carbocycles. The number of piperazine rings is 1. The van der Waals surface area contributed by atoms with Crippen molar-refractivity contribution in [3.05, 3.63) is 0 Å². The molecule has 96 valence electrons. The summed E-state index contributed by atoms with van der Waals surface area (Å²) in [5, 5.41) is 3.61. The highest BCUT2D eigenvalue weighted by Gasteiger charge is 2.24. The lowest BCUT2D eigenvalue weighted by Crippen LogP contribution is -2.55. The summed E-state index contributed by atoms with van der Waals surface area (Å²) in [6.07, 6.45) is 8.21. The summed E-state index contributed by atoms with van der Waals surface area (Å²) in [5.74, 6) is 0. The first-order chi connectivity index (χ1) is 7.77. The minimum Gasteiger partial charge on any atom is -0.311 e. The zero-order valence-corrected chi connectivity index (χ0v) is 11.5. The molecule has 1 heterocycles. The second-order valence-corrected chi connectivity index (χ2v) is 5.31. The lowest BCUT2D eigenvalue weighted by molar-refractivity contribution is 0.125. The third-order valence-corrected chi connectivity index (χ3v) is 3.65. The van der Waals surface area contributed by atoms with E-state index in [0.717, 1.165) is 6.04 Å². The molecule has 1 aliphatic rings. The molecule has 0 radical (unpaired) electrons. The standard InChI is InChI=1S/C14H30N2/c1-4-6-7-8-10-16-12-13(3)15-11-14(16)9-5-2/h13-15H,4-12H2,1-3H3. The molecule has 0 aromatic carbocycles. The average Bonchev–Trinajstić information content (AvgIpc) is 2.28. The van der Waals surface area contributed by atoms with Gasteiger partial charge in [0.15, 0.2) is 0 Å². The van der Waals surface area contributed by atoms with Crippen LogP contribution in [0.3, 0.4) is 0 Å². The van der Waals surface area contributed by atoms with Gasteiger partial charge in [-0.15, -0.1) is 0 Å². The quantitative estimate of drug-likeness (QED) is 0.671. The molecule has 1 saturated heterocycles. The summed E-state index contributed by atoms with van der Waals surface area (Å²) in [5.41, 5.74) is 0. The molecule has 2 heteroatoms. The molecule has 0 saturated carbocycles. The summed E-state index contributed by atoms with van der Waals surface area (Å²) < 4.78 is 0. The maximum Gasteiger partial charge on any atom is 0.0221 e. The number of nitrogens with one attached hydrogen (secondary N) is 1. The van der Waals surface area contributed by atoms with Crippen LogP contribution in [0.15, 0.2) is 0 Å². The fourth-order valence-electron chi connectivity index (χ4n) is 2.67. The summed E-state index contributed by atoms with van der Waals surface area (Å²) in [4.78, 5) is 2.72. The molecule has 0 bridgehead atoms. The molecule has 2 unspecified atom stereocenters. The molecule has 1 aliphatic heterocycles. The Kier molecular flexibility index (Phi) is 7.06. The Morgan fingerprint density at radius 2 is 1.94 bits per heavy atom. The maximum atomic E-state index is 3.61. The summed E-state index contributed by atoms with van der Waals surface area (Å²) in [6, 6.07) is 1.47. The molecule has 2 atom stereocenters. The summed E-state index contributed by atoms with van der Waals surface area (Å²) in [7, 11) is 0. The molecule has 0 aromatic rings. The van der Waals surface area contributed by atoms with Crippen LogP contribution in [0.4, 0.5) is 0 Å². The Bertz CT molecular complexity index is 170. The highest BCUT2D eigenvalue weighted by Crippen LogP contribution is 2.13. The largest absolute Gasteiger partial charge is 0.311 e. The van der Waals surface area contributed by atoms with Crippen molar-refractivity contribution < 1.29 is 0 Å². The smallest absolute Gasteiger partial charge is 0.0221 e. The Labute approximate surface area is 102 Å². The van der Waals surface area contributed by atoms with Crippen molar-refractivity contribution in [2.24, 2.45) is 0 Å². The van der Waals surface area contributed by atoms with Crippen molar-refractivity contribution in [3.63, 3.8) is 0 Å². The summed E-state index contributed by atoms with van der Waals surface area (Å²) >= 11 is 0.